The van der Waals surface area contributed by atoms with Crippen LogP contribution in [-0.2, 0) is 32.6 Å². The molecule has 1 aliphatic heterocycles. The van der Waals surface area contributed by atoms with E-state index in [1.54, 1.807) is 12.5 Å². The van der Waals surface area contributed by atoms with Gasteiger partial charge in [0.1, 0.15) is 12.4 Å². The van der Waals surface area contributed by atoms with Gasteiger partial charge in [-0.25, -0.2) is 4.98 Å². The molecule has 0 bridgehead atoms. The van der Waals surface area contributed by atoms with E-state index >= 15 is 0 Å². The zero-order valence-corrected chi connectivity index (χ0v) is 29.3. The highest BCUT2D eigenvalue weighted by atomic mass is 32.2. The molecule has 8 nitrogen and oxygen atoms in total. The summed E-state index contributed by atoms with van der Waals surface area (Å²) in [6.45, 7) is 10.9. The maximum atomic E-state index is 13.3. The quantitative estimate of drug-likeness (QED) is 0.0904. The van der Waals surface area contributed by atoms with Crippen LogP contribution in [0.3, 0.4) is 0 Å². The Morgan fingerprint density at radius 2 is 1.69 bits per heavy atom. The second kappa shape index (κ2) is 17.8. The van der Waals surface area contributed by atoms with E-state index < -0.39 is 10.8 Å². The molecule has 48 heavy (non-hydrogen) atoms. The largest absolute Gasteiger partial charge is 0.491 e. The van der Waals surface area contributed by atoms with Gasteiger partial charge in [0.2, 0.25) is 0 Å². The summed E-state index contributed by atoms with van der Waals surface area (Å²) in [5.41, 5.74) is 6.53. The number of unbranched alkanes of at least 4 members (excludes halogenated alkanes) is 1. The van der Waals surface area contributed by atoms with Gasteiger partial charge >= 0.3 is 0 Å². The van der Waals surface area contributed by atoms with Crippen LogP contribution in [0.2, 0.25) is 0 Å². The highest BCUT2D eigenvalue weighted by Crippen LogP contribution is 2.32. The molecule has 254 valence electrons. The minimum atomic E-state index is -1.21. The molecule has 3 aromatic carbocycles. The first kappa shape index (κ1) is 35.1. The number of amides is 1. The van der Waals surface area contributed by atoms with Crippen molar-refractivity contribution < 1.29 is 18.5 Å². The van der Waals surface area contributed by atoms with Gasteiger partial charge in [-0.15, -0.1) is 0 Å². The lowest BCUT2D eigenvalue weighted by atomic mass is 9.99. The van der Waals surface area contributed by atoms with Crippen LogP contribution >= 0.6 is 0 Å². The number of nitrogens with one attached hydrogen (secondary N) is 1. The van der Waals surface area contributed by atoms with Crippen molar-refractivity contribution in [2.24, 2.45) is 0 Å². The molecule has 0 saturated carbocycles. The van der Waals surface area contributed by atoms with Crippen LogP contribution in [0.1, 0.15) is 64.1 Å². The van der Waals surface area contributed by atoms with E-state index in [1.807, 2.05) is 54.0 Å². The Morgan fingerprint density at radius 1 is 0.938 bits per heavy atom. The lowest BCUT2D eigenvalue weighted by Crippen LogP contribution is -2.19. The summed E-state index contributed by atoms with van der Waals surface area (Å²) in [5.74, 6) is 1.04. The van der Waals surface area contributed by atoms with Crippen LogP contribution in [0.4, 0.5) is 11.4 Å². The number of aryl methyl sites for hydroxylation is 1. The Balaban J connectivity index is 1.25. The minimum Gasteiger partial charge on any atom is -0.491 e. The van der Waals surface area contributed by atoms with Crippen LogP contribution in [0.15, 0.2) is 89.7 Å². The van der Waals surface area contributed by atoms with E-state index in [2.05, 4.69) is 59.4 Å². The fraction of sp³-hybridized carbons (Fsp3) is 0.385. The lowest BCUT2D eigenvalue weighted by Gasteiger charge is -2.21. The number of carbonyl (C=O) groups is 1. The van der Waals surface area contributed by atoms with Gasteiger partial charge in [-0.2, -0.15) is 0 Å². The molecule has 1 fully saturated rings. The zero-order chi connectivity index (χ0) is 33.7. The topological polar surface area (TPSA) is 85.7 Å². The van der Waals surface area contributed by atoms with Gasteiger partial charge in [-0.05, 0) is 104 Å². The summed E-state index contributed by atoms with van der Waals surface area (Å²) in [7, 11) is -1.21. The smallest absolute Gasteiger partial charge is 0.251 e. The van der Waals surface area contributed by atoms with E-state index in [1.165, 1.54) is 12.8 Å². The molecule has 1 amide bonds. The van der Waals surface area contributed by atoms with Crippen molar-refractivity contribution in [3.8, 4) is 16.9 Å². The van der Waals surface area contributed by atoms with E-state index in [0.29, 0.717) is 35.1 Å². The van der Waals surface area contributed by atoms with Gasteiger partial charge in [0, 0.05) is 54.3 Å². The Labute approximate surface area is 287 Å². The highest BCUT2D eigenvalue weighted by Gasteiger charge is 2.17. The zero-order valence-electron chi connectivity index (χ0n) is 28.5. The Hall–Kier alpha value is -4.21. The number of hydrogen-bond donors (Lipinski definition) is 1. The molecular weight excluding hydrogens is 621 g/mol. The third-order valence-electron chi connectivity index (χ3n) is 8.45. The summed E-state index contributed by atoms with van der Waals surface area (Å²) < 4.78 is 26.6. The van der Waals surface area contributed by atoms with Gasteiger partial charge in [-0.3, -0.25) is 9.00 Å². The summed E-state index contributed by atoms with van der Waals surface area (Å²) in [5, 5.41) is 3.02. The van der Waals surface area contributed by atoms with Crippen molar-refractivity contribution in [1.29, 1.82) is 0 Å². The molecule has 1 atom stereocenters. The number of anilines is 2. The monoisotopic (exact) mass is 668 g/mol. The average molecular weight is 669 g/mol. The maximum absolute atomic E-state index is 13.3. The Bertz CT molecular complexity index is 1680. The fourth-order valence-corrected chi connectivity index (χ4v) is 6.87. The predicted molar refractivity (Wildman–Crippen MR) is 196 cm³/mol. The van der Waals surface area contributed by atoms with Gasteiger partial charge in [0.25, 0.3) is 5.91 Å². The van der Waals surface area contributed by atoms with Crippen LogP contribution in [0.5, 0.6) is 5.75 Å². The van der Waals surface area contributed by atoms with Gasteiger partial charge in [0.05, 0.1) is 35.2 Å². The van der Waals surface area contributed by atoms with Gasteiger partial charge in [-0.1, -0.05) is 38.5 Å². The number of ether oxygens (including phenoxy) is 2. The summed E-state index contributed by atoms with van der Waals surface area (Å²) in [4.78, 5) is 20.7. The van der Waals surface area contributed by atoms with E-state index in [0.717, 1.165) is 79.3 Å². The third-order valence-corrected chi connectivity index (χ3v) is 9.80. The van der Waals surface area contributed by atoms with Crippen LogP contribution in [0, 0.1) is 0 Å². The summed E-state index contributed by atoms with van der Waals surface area (Å²) >= 11 is 0. The van der Waals surface area contributed by atoms with Crippen molar-refractivity contribution in [2.45, 2.75) is 70.1 Å². The number of benzene rings is 3. The molecule has 0 aliphatic carbocycles. The average Bonchev–Trinajstić information content (AvgIpc) is 3.80. The third kappa shape index (κ3) is 9.67. The molecule has 2 heterocycles. The number of rotatable bonds is 17. The fourth-order valence-electron chi connectivity index (χ4n) is 5.75. The SMILES string of the molecule is CCCCOCCOc1ccc(-c2ccc(N3CCCC3)c(/C=C(\C)C(=O)Nc3ccc([S@@](=O)Cc4cncn4CCC)cc3)c2)cc1. The van der Waals surface area contributed by atoms with Gasteiger partial charge in [0.15, 0.2) is 0 Å². The summed E-state index contributed by atoms with van der Waals surface area (Å²) in [6, 6.07) is 21.9. The summed E-state index contributed by atoms with van der Waals surface area (Å²) in [6.07, 6.45) is 11.1. The molecule has 5 rings (SSSR count). The first-order valence-electron chi connectivity index (χ1n) is 17.1. The molecule has 0 spiro atoms. The lowest BCUT2D eigenvalue weighted by molar-refractivity contribution is -0.112. The second-order valence-corrected chi connectivity index (χ2v) is 13.6. The first-order valence-corrected chi connectivity index (χ1v) is 18.4. The van der Waals surface area contributed by atoms with Crippen LogP contribution in [0.25, 0.3) is 17.2 Å². The Kier molecular flexibility index (Phi) is 13.0. The molecule has 1 aromatic heterocycles. The minimum absolute atomic E-state index is 0.176. The molecule has 0 radical (unpaired) electrons. The molecule has 1 saturated heterocycles. The van der Waals surface area contributed by atoms with Crippen molar-refractivity contribution in [2.75, 3.05) is 43.1 Å². The van der Waals surface area contributed by atoms with Gasteiger partial charge < -0.3 is 24.3 Å². The normalized spacial score (nSPS) is 13.9. The second-order valence-electron chi connectivity index (χ2n) is 12.2. The number of imidazole rings is 1. The van der Waals surface area contributed by atoms with Crippen molar-refractivity contribution >= 4 is 34.2 Å². The molecular formula is C39H48N4O4S. The number of carbonyl (C=O) groups excluding carboxylic acids is 1. The number of aromatic nitrogens is 2. The Morgan fingerprint density at radius 3 is 2.42 bits per heavy atom. The van der Waals surface area contributed by atoms with Crippen molar-refractivity contribution in [3.05, 3.63) is 96.1 Å². The molecule has 1 aliphatic rings. The molecule has 1 N–H and O–H groups in total. The highest BCUT2D eigenvalue weighted by molar-refractivity contribution is 7.84. The number of nitrogens with zero attached hydrogens (tertiary/aromatic N) is 3. The van der Waals surface area contributed by atoms with E-state index in [9.17, 15) is 9.00 Å². The predicted octanol–water partition coefficient (Wildman–Crippen LogP) is 8.11. The van der Waals surface area contributed by atoms with Crippen LogP contribution < -0.4 is 15.0 Å². The molecule has 0 unspecified atom stereocenters. The van der Waals surface area contributed by atoms with Crippen LogP contribution in [-0.4, -0.2) is 52.6 Å². The van der Waals surface area contributed by atoms with Crippen molar-refractivity contribution in [3.63, 3.8) is 0 Å². The van der Waals surface area contributed by atoms with E-state index in [-0.39, 0.29) is 5.91 Å². The molecule has 9 heteroatoms. The van der Waals surface area contributed by atoms with E-state index in [4.69, 9.17) is 9.47 Å². The molecule has 4 aromatic rings. The van der Waals surface area contributed by atoms with Crippen molar-refractivity contribution in [1.82, 2.24) is 9.55 Å². The first-order chi connectivity index (χ1) is 23.4. The standard InChI is InChI=1S/C39H48N4O4S/c1-4-6-22-46-23-24-47-36-14-9-31(10-15-36)32-11-18-38(42-20-7-8-21-42)33(26-32)25-30(3)39(44)41-34-12-16-37(17-13-34)48(45)28-35-27-40-29-43(35)19-5-2/h9-18,25-27,29H,4-8,19-24,28H2,1-3H3,(H,41,44)/b30-25+/t48-/m0/s1. The number of hydrogen-bond acceptors (Lipinski definition) is 6. The maximum Gasteiger partial charge on any atom is 0.251 e.